The summed E-state index contributed by atoms with van der Waals surface area (Å²) in [5, 5.41) is 10.8. The minimum atomic E-state index is -0.211. The number of carbonyl (C=O) groups is 1. The van der Waals surface area contributed by atoms with E-state index in [-0.39, 0.29) is 11.9 Å². The molecule has 2 aromatic rings. The molecule has 2 N–H and O–H groups in total. The van der Waals surface area contributed by atoms with Gasteiger partial charge in [0.1, 0.15) is 6.04 Å². The van der Waals surface area contributed by atoms with Gasteiger partial charge in [-0.05, 0) is 25.0 Å². The van der Waals surface area contributed by atoms with E-state index in [1.54, 1.807) is 0 Å². The molecule has 1 aromatic heterocycles. The van der Waals surface area contributed by atoms with E-state index >= 15 is 0 Å². The quantitative estimate of drug-likeness (QED) is 0.822. The van der Waals surface area contributed by atoms with Crippen molar-refractivity contribution in [3.8, 4) is 0 Å². The summed E-state index contributed by atoms with van der Waals surface area (Å²) < 4.78 is 5.18. The fraction of sp³-hybridized carbons (Fsp3) is 0.333. The molecular weight excluding hydrogens is 218 g/mol. The van der Waals surface area contributed by atoms with Gasteiger partial charge in [0.05, 0.1) is 5.39 Å². The maximum Gasteiger partial charge on any atom is 0.242 e. The summed E-state index contributed by atoms with van der Waals surface area (Å²) in [5.74, 6) is 0.672. The van der Waals surface area contributed by atoms with Gasteiger partial charge in [0.25, 0.3) is 0 Å². The molecule has 1 amide bonds. The monoisotopic (exact) mass is 231 g/mol. The number of aromatic nitrogens is 1. The van der Waals surface area contributed by atoms with E-state index in [0.717, 1.165) is 30.4 Å². The number of hydrogen-bond acceptors (Lipinski definition) is 4. The lowest BCUT2D eigenvalue weighted by atomic mass is 10.1. The third kappa shape index (κ3) is 1.84. The number of para-hydroxylation sites is 1. The Morgan fingerprint density at radius 1 is 1.41 bits per heavy atom. The Labute approximate surface area is 98.2 Å². The zero-order chi connectivity index (χ0) is 11.7. The first-order valence-corrected chi connectivity index (χ1v) is 5.73. The summed E-state index contributed by atoms with van der Waals surface area (Å²) in [4.78, 5) is 11.6. The molecule has 1 aromatic carbocycles. The minimum absolute atomic E-state index is 0.0309. The molecule has 0 radical (unpaired) electrons. The number of anilines is 1. The van der Waals surface area contributed by atoms with E-state index in [0.29, 0.717) is 5.82 Å². The maximum absolute atomic E-state index is 11.6. The van der Waals surface area contributed by atoms with Crippen molar-refractivity contribution in [2.75, 3.05) is 11.9 Å². The van der Waals surface area contributed by atoms with Gasteiger partial charge in [-0.2, -0.15) is 0 Å². The number of fused-ring (bicyclic) bond motifs is 1. The molecule has 5 heteroatoms. The molecule has 3 rings (SSSR count). The second kappa shape index (κ2) is 4.08. The third-order valence-corrected chi connectivity index (χ3v) is 2.97. The van der Waals surface area contributed by atoms with Gasteiger partial charge < -0.3 is 15.2 Å². The normalized spacial score (nSPS) is 20.2. The molecule has 0 bridgehead atoms. The highest BCUT2D eigenvalue weighted by Gasteiger charge is 2.23. The number of nitrogens with one attached hydrogen (secondary N) is 2. The van der Waals surface area contributed by atoms with Crippen molar-refractivity contribution in [2.45, 2.75) is 18.9 Å². The van der Waals surface area contributed by atoms with Crippen LogP contribution in [0.1, 0.15) is 12.8 Å². The molecule has 1 fully saturated rings. The summed E-state index contributed by atoms with van der Waals surface area (Å²) >= 11 is 0. The summed E-state index contributed by atoms with van der Waals surface area (Å²) in [6.07, 6.45) is 1.81. The van der Waals surface area contributed by atoms with Crippen molar-refractivity contribution in [3.05, 3.63) is 24.3 Å². The molecule has 0 saturated carbocycles. The van der Waals surface area contributed by atoms with Gasteiger partial charge in [0, 0.05) is 6.54 Å². The van der Waals surface area contributed by atoms with Gasteiger partial charge in [0.2, 0.25) is 5.91 Å². The lowest BCUT2D eigenvalue weighted by Crippen LogP contribution is -2.44. The zero-order valence-electron chi connectivity index (χ0n) is 9.27. The van der Waals surface area contributed by atoms with E-state index in [1.165, 1.54) is 0 Å². The molecule has 5 nitrogen and oxygen atoms in total. The van der Waals surface area contributed by atoms with E-state index in [2.05, 4.69) is 15.8 Å². The Hall–Kier alpha value is -2.04. The maximum atomic E-state index is 11.6. The summed E-state index contributed by atoms with van der Waals surface area (Å²) in [6.45, 7) is 0.760. The number of rotatable bonds is 2. The molecule has 1 atom stereocenters. The highest BCUT2D eigenvalue weighted by molar-refractivity contribution is 5.91. The van der Waals surface area contributed by atoms with Crippen LogP contribution in [0.25, 0.3) is 11.0 Å². The van der Waals surface area contributed by atoms with Crippen LogP contribution in [0.15, 0.2) is 28.8 Å². The van der Waals surface area contributed by atoms with Crippen molar-refractivity contribution in [1.82, 2.24) is 10.5 Å². The fourth-order valence-electron chi connectivity index (χ4n) is 2.06. The number of amides is 1. The summed E-state index contributed by atoms with van der Waals surface area (Å²) in [7, 11) is 0. The van der Waals surface area contributed by atoms with Crippen LogP contribution in [-0.4, -0.2) is 23.7 Å². The third-order valence-electron chi connectivity index (χ3n) is 2.97. The number of nitrogens with zero attached hydrogens (tertiary/aromatic N) is 1. The average molecular weight is 231 g/mol. The molecule has 17 heavy (non-hydrogen) atoms. The number of piperidine rings is 1. The first-order chi connectivity index (χ1) is 8.34. The number of carbonyl (C=O) groups excluding carboxylic acids is 1. The van der Waals surface area contributed by atoms with Gasteiger partial charge in [0.15, 0.2) is 11.4 Å². The van der Waals surface area contributed by atoms with E-state index < -0.39 is 0 Å². The van der Waals surface area contributed by atoms with Crippen molar-refractivity contribution in [1.29, 1.82) is 0 Å². The Morgan fingerprint density at radius 2 is 2.29 bits per heavy atom. The molecule has 1 aliphatic heterocycles. The lowest BCUT2D eigenvalue weighted by Gasteiger charge is -2.22. The first kappa shape index (κ1) is 10.1. The predicted octanol–water partition coefficient (Wildman–Crippen LogP) is 1.52. The van der Waals surface area contributed by atoms with E-state index in [9.17, 15) is 4.79 Å². The van der Waals surface area contributed by atoms with Crippen molar-refractivity contribution < 1.29 is 9.32 Å². The predicted molar refractivity (Wildman–Crippen MR) is 63.7 cm³/mol. The molecule has 0 spiro atoms. The number of benzene rings is 1. The standard InChI is InChI=1S/C12H13N3O2/c16-12-9(5-3-7-13-12)14-11-8-4-1-2-6-10(8)17-15-11/h1-2,4,6,9H,3,5,7H2,(H,13,16)(H,14,15). The molecule has 88 valence electrons. The summed E-state index contributed by atoms with van der Waals surface area (Å²) in [5.41, 5.74) is 0.728. The second-order valence-electron chi connectivity index (χ2n) is 4.16. The Balaban J connectivity index is 1.87. The Morgan fingerprint density at radius 3 is 3.18 bits per heavy atom. The van der Waals surface area contributed by atoms with Crippen LogP contribution < -0.4 is 10.6 Å². The topological polar surface area (TPSA) is 67.2 Å². The molecule has 1 aliphatic rings. The second-order valence-corrected chi connectivity index (χ2v) is 4.16. The number of hydrogen-bond donors (Lipinski definition) is 2. The van der Waals surface area contributed by atoms with Crippen molar-refractivity contribution >= 4 is 22.7 Å². The van der Waals surface area contributed by atoms with Crippen LogP contribution in [-0.2, 0) is 4.79 Å². The van der Waals surface area contributed by atoms with Gasteiger partial charge >= 0.3 is 0 Å². The Kier molecular flexibility index (Phi) is 2.44. The van der Waals surface area contributed by atoms with Crippen LogP contribution in [0.3, 0.4) is 0 Å². The average Bonchev–Trinajstić information content (AvgIpc) is 2.76. The Bertz CT molecular complexity index is 549. The van der Waals surface area contributed by atoms with Crippen LogP contribution in [0.4, 0.5) is 5.82 Å². The van der Waals surface area contributed by atoms with Crippen LogP contribution in [0.5, 0.6) is 0 Å². The van der Waals surface area contributed by atoms with E-state index in [4.69, 9.17) is 4.52 Å². The van der Waals surface area contributed by atoms with Crippen LogP contribution in [0.2, 0.25) is 0 Å². The molecule has 1 unspecified atom stereocenters. The summed E-state index contributed by atoms with van der Waals surface area (Å²) in [6, 6.07) is 7.39. The highest BCUT2D eigenvalue weighted by Crippen LogP contribution is 2.23. The molecule has 2 heterocycles. The fourth-order valence-corrected chi connectivity index (χ4v) is 2.06. The largest absolute Gasteiger partial charge is 0.355 e. The smallest absolute Gasteiger partial charge is 0.242 e. The van der Waals surface area contributed by atoms with E-state index in [1.807, 2.05) is 24.3 Å². The first-order valence-electron chi connectivity index (χ1n) is 5.73. The van der Waals surface area contributed by atoms with Crippen LogP contribution in [0, 0.1) is 0 Å². The highest BCUT2D eigenvalue weighted by atomic mass is 16.5. The SMILES string of the molecule is O=C1NCCCC1Nc1noc2ccccc12. The molecule has 0 aliphatic carbocycles. The van der Waals surface area contributed by atoms with Gasteiger partial charge in [-0.25, -0.2) is 0 Å². The minimum Gasteiger partial charge on any atom is -0.355 e. The lowest BCUT2D eigenvalue weighted by molar-refractivity contribution is -0.123. The zero-order valence-corrected chi connectivity index (χ0v) is 9.27. The van der Waals surface area contributed by atoms with Crippen LogP contribution >= 0.6 is 0 Å². The van der Waals surface area contributed by atoms with Gasteiger partial charge in [-0.15, -0.1) is 0 Å². The molecule has 1 saturated heterocycles. The van der Waals surface area contributed by atoms with Gasteiger partial charge in [-0.1, -0.05) is 17.3 Å². The molecular formula is C12H13N3O2. The van der Waals surface area contributed by atoms with Crippen molar-refractivity contribution in [3.63, 3.8) is 0 Å². The van der Waals surface area contributed by atoms with Crippen molar-refractivity contribution in [2.24, 2.45) is 0 Å². The van der Waals surface area contributed by atoms with Gasteiger partial charge in [-0.3, -0.25) is 4.79 Å².